The monoisotopic (exact) mass is 400 g/mol. The van der Waals surface area contributed by atoms with Crippen molar-refractivity contribution in [3.63, 3.8) is 0 Å². The van der Waals surface area contributed by atoms with Gasteiger partial charge in [-0.05, 0) is 12.3 Å². The summed E-state index contributed by atoms with van der Waals surface area (Å²) in [5.41, 5.74) is -1.11. The van der Waals surface area contributed by atoms with Gasteiger partial charge in [0.05, 0.1) is 11.8 Å². The van der Waals surface area contributed by atoms with Crippen molar-refractivity contribution in [1.29, 1.82) is 0 Å². The third kappa shape index (κ3) is 3.25. The molecule has 3 aliphatic rings. The van der Waals surface area contributed by atoms with Crippen LogP contribution in [0, 0.1) is 23.7 Å². The molecule has 2 saturated carbocycles. The highest BCUT2D eigenvalue weighted by Gasteiger charge is 2.66. The largest absolute Gasteiger partial charge is 0.462 e. The number of alkyl halides is 1. The van der Waals surface area contributed by atoms with Gasteiger partial charge in [0.15, 0.2) is 5.60 Å². The highest BCUT2D eigenvalue weighted by atomic mass is 35.5. The van der Waals surface area contributed by atoms with E-state index < -0.39 is 35.7 Å². The molecule has 0 bridgehead atoms. The number of rotatable bonds is 3. The molecule has 8 heteroatoms. The normalized spacial score (nSPS) is 43.4. The molecular formula is C19H25ClO7. The molecule has 0 aromatic rings. The number of aliphatic hydroxyl groups is 1. The SMILES string of the molecule is C=C1CC(OC(C)=O)C2C(OC(=O)C2(O)CCl)C2C1CC(OC(C)=O)C2C. The van der Waals surface area contributed by atoms with E-state index >= 15 is 0 Å². The Balaban J connectivity index is 2.02. The van der Waals surface area contributed by atoms with E-state index in [0.717, 1.165) is 5.57 Å². The molecule has 1 aliphatic heterocycles. The Morgan fingerprint density at radius 1 is 1.30 bits per heavy atom. The van der Waals surface area contributed by atoms with Crippen LogP contribution in [0.4, 0.5) is 0 Å². The molecular weight excluding hydrogens is 376 g/mol. The molecule has 8 atom stereocenters. The summed E-state index contributed by atoms with van der Waals surface area (Å²) in [6.07, 6.45) is -0.955. The Kier molecular flexibility index (Phi) is 5.29. The summed E-state index contributed by atoms with van der Waals surface area (Å²) < 4.78 is 16.5. The van der Waals surface area contributed by atoms with E-state index in [9.17, 15) is 19.5 Å². The summed E-state index contributed by atoms with van der Waals surface area (Å²) in [7, 11) is 0. The summed E-state index contributed by atoms with van der Waals surface area (Å²) in [6.45, 7) is 8.72. The molecule has 1 N–H and O–H groups in total. The molecule has 0 aromatic heterocycles. The predicted octanol–water partition coefficient (Wildman–Crippen LogP) is 1.59. The van der Waals surface area contributed by atoms with Crippen molar-refractivity contribution in [1.82, 2.24) is 0 Å². The number of ether oxygens (including phenoxy) is 3. The zero-order valence-electron chi connectivity index (χ0n) is 15.6. The Labute approximate surface area is 163 Å². The highest BCUT2D eigenvalue weighted by Crippen LogP contribution is 2.55. The smallest absolute Gasteiger partial charge is 0.340 e. The van der Waals surface area contributed by atoms with E-state index in [1.807, 2.05) is 6.92 Å². The van der Waals surface area contributed by atoms with Gasteiger partial charge in [0.25, 0.3) is 0 Å². The topological polar surface area (TPSA) is 99.1 Å². The fourth-order valence-electron chi connectivity index (χ4n) is 5.12. The molecule has 0 aromatic carbocycles. The number of hydrogen-bond acceptors (Lipinski definition) is 7. The molecule has 0 amide bonds. The molecule has 1 heterocycles. The Hall–Kier alpha value is -1.60. The van der Waals surface area contributed by atoms with Crippen LogP contribution in [-0.4, -0.2) is 52.8 Å². The van der Waals surface area contributed by atoms with Gasteiger partial charge in [0.1, 0.15) is 18.3 Å². The summed E-state index contributed by atoms with van der Waals surface area (Å²) in [5.74, 6) is -3.28. The Bertz CT molecular complexity index is 677. The van der Waals surface area contributed by atoms with Crippen LogP contribution in [0.3, 0.4) is 0 Å². The molecule has 0 radical (unpaired) electrons. The average Bonchev–Trinajstić information content (AvgIpc) is 2.97. The number of carbonyl (C=O) groups excluding carboxylic acids is 3. The number of halogens is 1. The first-order valence-corrected chi connectivity index (χ1v) is 9.65. The van der Waals surface area contributed by atoms with Crippen LogP contribution >= 0.6 is 11.6 Å². The van der Waals surface area contributed by atoms with Gasteiger partial charge in [-0.15, -0.1) is 11.6 Å². The lowest BCUT2D eigenvalue weighted by atomic mass is 9.75. The maximum atomic E-state index is 12.5. The van der Waals surface area contributed by atoms with Crippen LogP contribution in [0.25, 0.3) is 0 Å². The van der Waals surface area contributed by atoms with Crippen LogP contribution in [0.2, 0.25) is 0 Å². The maximum Gasteiger partial charge on any atom is 0.340 e. The van der Waals surface area contributed by atoms with Crippen LogP contribution in [0.1, 0.15) is 33.6 Å². The molecule has 2 aliphatic carbocycles. The van der Waals surface area contributed by atoms with Crippen molar-refractivity contribution < 1.29 is 33.7 Å². The minimum Gasteiger partial charge on any atom is -0.462 e. The van der Waals surface area contributed by atoms with Gasteiger partial charge in [0.2, 0.25) is 0 Å². The number of esters is 3. The lowest BCUT2D eigenvalue weighted by molar-refractivity contribution is -0.159. The molecule has 3 rings (SSSR count). The van der Waals surface area contributed by atoms with Gasteiger partial charge in [-0.25, -0.2) is 4.79 Å². The van der Waals surface area contributed by atoms with Gasteiger partial charge in [-0.2, -0.15) is 0 Å². The van der Waals surface area contributed by atoms with Crippen molar-refractivity contribution in [2.24, 2.45) is 23.7 Å². The van der Waals surface area contributed by atoms with Crippen LogP contribution < -0.4 is 0 Å². The quantitative estimate of drug-likeness (QED) is 0.332. The van der Waals surface area contributed by atoms with Gasteiger partial charge in [-0.3, -0.25) is 9.59 Å². The van der Waals surface area contributed by atoms with Crippen LogP contribution in [-0.2, 0) is 28.6 Å². The lowest BCUT2D eigenvalue weighted by Gasteiger charge is -2.34. The van der Waals surface area contributed by atoms with Gasteiger partial charge in [0, 0.05) is 32.1 Å². The zero-order chi connectivity index (χ0) is 20.1. The summed E-state index contributed by atoms with van der Waals surface area (Å²) in [5, 5.41) is 11.0. The van der Waals surface area contributed by atoms with E-state index in [-0.39, 0.29) is 42.1 Å². The first-order chi connectivity index (χ1) is 12.6. The van der Waals surface area contributed by atoms with E-state index in [0.29, 0.717) is 6.42 Å². The average molecular weight is 401 g/mol. The van der Waals surface area contributed by atoms with E-state index in [1.165, 1.54) is 13.8 Å². The van der Waals surface area contributed by atoms with Crippen molar-refractivity contribution in [2.45, 2.75) is 57.5 Å². The molecule has 0 spiro atoms. The minimum atomic E-state index is -1.94. The van der Waals surface area contributed by atoms with Crippen LogP contribution in [0.5, 0.6) is 0 Å². The Morgan fingerprint density at radius 3 is 2.44 bits per heavy atom. The molecule has 3 fully saturated rings. The fraction of sp³-hybridized carbons (Fsp3) is 0.737. The summed E-state index contributed by atoms with van der Waals surface area (Å²) in [4.78, 5) is 35.6. The van der Waals surface area contributed by atoms with Gasteiger partial charge < -0.3 is 19.3 Å². The molecule has 27 heavy (non-hydrogen) atoms. The van der Waals surface area contributed by atoms with Gasteiger partial charge in [-0.1, -0.05) is 19.1 Å². The zero-order valence-corrected chi connectivity index (χ0v) is 16.4. The predicted molar refractivity (Wildman–Crippen MR) is 94.7 cm³/mol. The van der Waals surface area contributed by atoms with Crippen LogP contribution in [0.15, 0.2) is 12.2 Å². The second kappa shape index (κ2) is 7.09. The van der Waals surface area contributed by atoms with Crippen molar-refractivity contribution in [3.05, 3.63) is 12.2 Å². The molecule has 1 saturated heterocycles. The first kappa shape index (κ1) is 20.1. The maximum absolute atomic E-state index is 12.5. The molecule has 8 unspecified atom stereocenters. The summed E-state index contributed by atoms with van der Waals surface area (Å²) in [6, 6.07) is 0. The van der Waals surface area contributed by atoms with E-state index in [4.69, 9.17) is 25.8 Å². The minimum absolute atomic E-state index is 0.0807. The second-order valence-corrected chi connectivity index (χ2v) is 8.16. The number of carbonyl (C=O) groups is 3. The highest BCUT2D eigenvalue weighted by molar-refractivity contribution is 6.20. The number of fused-ring (bicyclic) bond motifs is 3. The summed E-state index contributed by atoms with van der Waals surface area (Å²) >= 11 is 5.95. The van der Waals surface area contributed by atoms with E-state index in [1.54, 1.807) is 0 Å². The van der Waals surface area contributed by atoms with E-state index in [2.05, 4.69) is 6.58 Å². The van der Waals surface area contributed by atoms with Gasteiger partial charge >= 0.3 is 17.9 Å². The lowest BCUT2D eigenvalue weighted by Crippen LogP contribution is -2.51. The standard InChI is InChI=1S/C19H25ClO7/c1-8-5-14(26-11(4)22)16-17(27-18(23)19(16,24)7-20)15-9(2)13(6-12(8)15)25-10(3)21/h9,12-17,24H,1,5-7H2,2-4H3. The van der Waals surface area contributed by atoms with Crippen molar-refractivity contribution in [2.75, 3.05) is 5.88 Å². The van der Waals surface area contributed by atoms with Crippen molar-refractivity contribution in [3.8, 4) is 0 Å². The first-order valence-electron chi connectivity index (χ1n) is 9.11. The fourth-order valence-corrected chi connectivity index (χ4v) is 5.41. The third-order valence-electron chi connectivity index (χ3n) is 6.25. The van der Waals surface area contributed by atoms with Crippen molar-refractivity contribution >= 4 is 29.5 Å². The second-order valence-electron chi connectivity index (χ2n) is 7.89. The third-order valence-corrected chi connectivity index (χ3v) is 6.66. The molecule has 7 nitrogen and oxygen atoms in total. The number of hydrogen-bond donors (Lipinski definition) is 1. The Morgan fingerprint density at radius 2 is 1.89 bits per heavy atom. The molecule has 150 valence electrons.